The summed E-state index contributed by atoms with van der Waals surface area (Å²) in [4.78, 5) is 8.43. The molecule has 3 rings (SSSR count). The molecule has 60 valence electrons. The lowest BCUT2D eigenvalue weighted by Gasteiger charge is -1.97. The lowest BCUT2D eigenvalue weighted by molar-refractivity contribution is 0.971. The molecule has 2 aromatic rings. The normalized spacial score (nSPS) is 17.0. The van der Waals surface area contributed by atoms with Crippen LogP contribution in [0.4, 0.5) is 0 Å². The van der Waals surface area contributed by atoms with Crippen LogP contribution in [0.1, 0.15) is 24.5 Å². The number of aromatic nitrogens is 3. The maximum absolute atomic E-state index is 4.38. The van der Waals surface area contributed by atoms with E-state index in [4.69, 9.17) is 0 Å². The molecule has 2 heterocycles. The minimum Gasteiger partial charge on any atom is -0.303 e. The molecule has 1 aliphatic carbocycles. The second kappa shape index (κ2) is 2.06. The summed E-state index contributed by atoms with van der Waals surface area (Å²) in [6, 6.07) is 0. The molecule has 0 aromatic carbocycles. The van der Waals surface area contributed by atoms with Crippen LogP contribution in [0, 0.1) is 0 Å². The lowest BCUT2D eigenvalue weighted by atomic mass is 10.3. The van der Waals surface area contributed by atoms with E-state index in [2.05, 4.69) is 16.2 Å². The monoisotopic (exact) mass is 159 g/mol. The zero-order valence-electron chi connectivity index (χ0n) is 6.64. The van der Waals surface area contributed by atoms with E-state index in [0.29, 0.717) is 0 Å². The Bertz CT molecular complexity index is 414. The van der Waals surface area contributed by atoms with Crippen LogP contribution in [-0.4, -0.2) is 14.4 Å². The highest BCUT2D eigenvalue weighted by atomic mass is 15.0. The largest absolute Gasteiger partial charge is 0.303 e. The lowest BCUT2D eigenvalue weighted by Crippen LogP contribution is -1.90. The smallest absolute Gasteiger partial charge is 0.0993 e. The first-order valence-electron chi connectivity index (χ1n) is 4.21. The molecule has 1 aliphatic rings. The number of rotatable bonds is 1. The first kappa shape index (κ1) is 6.17. The van der Waals surface area contributed by atoms with Crippen LogP contribution in [0.3, 0.4) is 0 Å². The standard InChI is InChI=1S/C9H9N3/c1-2-7(1)9-5-12-6-10-3-8(12)4-11-9/h3-7H,1-2H2. The average molecular weight is 159 g/mol. The van der Waals surface area contributed by atoms with Gasteiger partial charge in [-0.1, -0.05) is 0 Å². The van der Waals surface area contributed by atoms with Crippen LogP contribution < -0.4 is 0 Å². The molecule has 0 N–H and O–H groups in total. The highest BCUT2D eigenvalue weighted by Gasteiger charge is 2.24. The van der Waals surface area contributed by atoms with E-state index in [1.807, 2.05) is 23.1 Å². The van der Waals surface area contributed by atoms with Crippen molar-refractivity contribution in [2.75, 3.05) is 0 Å². The predicted octanol–water partition coefficient (Wildman–Crippen LogP) is 1.61. The highest BCUT2D eigenvalue weighted by Crippen LogP contribution is 2.38. The third-order valence-corrected chi connectivity index (χ3v) is 2.31. The molecule has 1 saturated carbocycles. The summed E-state index contributed by atoms with van der Waals surface area (Å²) in [5.41, 5.74) is 2.28. The molecule has 0 amide bonds. The molecule has 12 heavy (non-hydrogen) atoms. The molecule has 0 unspecified atom stereocenters. The van der Waals surface area contributed by atoms with Crippen molar-refractivity contribution in [1.82, 2.24) is 14.4 Å². The average Bonchev–Trinajstić information content (AvgIpc) is 2.84. The minimum absolute atomic E-state index is 0.719. The highest BCUT2D eigenvalue weighted by molar-refractivity contribution is 5.42. The van der Waals surface area contributed by atoms with Gasteiger partial charge in [0.1, 0.15) is 0 Å². The van der Waals surface area contributed by atoms with Gasteiger partial charge in [-0.3, -0.25) is 4.98 Å². The van der Waals surface area contributed by atoms with Gasteiger partial charge >= 0.3 is 0 Å². The van der Waals surface area contributed by atoms with Gasteiger partial charge in [0.15, 0.2) is 0 Å². The summed E-state index contributed by atoms with van der Waals surface area (Å²) in [5.74, 6) is 0.719. The first-order valence-corrected chi connectivity index (χ1v) is 4.21. The Kier molecular flexibility index (Phi) is 1.06. The molecule has 0 bridgehead atoms. The molecular weight excluding hydrogens is 150 g/mol. The van der Waals surface area contributed by atoms with Gasteiger partial charge in [0.2, 0.25) is 0 Å². The zero-order valence-corrected chi connectivity index (χ0v) is 6.64. The molecule has 3 nitrogen and oxygen atoms in total. The Morgan fingerprint density at radius 3 is 3.08 bits per heavy atom. The topological polar surface area (TPSA) is 30.2 Å². The fourth-order valence-electron chi connectivity index (χ4n) is 1.43. The van der Waals surface area contributed by atoms with E-state index >= 15 is 0 Å². The zero-order chi connectivity index (χ0) is 7.97. The predicted molar refractivity (Wildman–Crippen MR) is 45.0 cm³/mol. The van der Waals surface area contributed by atoms with Gasteiger partial charge in [-0.2, -0.15) is 0 Å². The van der Waals surface area contributed by atoms with Gasteiger partial charge in [0, 0.05) is 12.1 Å². The molecule has 0 atom stereocenters. The Balaban J connectivity index is 2.21. The van der Waals surface area contributed by atoms with Gasteiger partial charge in [-0.25, -0.2) is 4.98 Å². The molecule has 0 aliphatic heterocycles. The number of hydrogen-bond donors (Lipinski definition) is 0. The van der Waals surface area contributed by atoms with E-state index in [1.54, 1.807) is 0 Å². The van der Waals surface area contributed by atoms with E-state index in [9.17, 15) is 0 Å². The third kappa shape index (κ3) is 0.826. The maximum atomic E-state index is 4.38. The number of imidazole rings is 1. The van der Waals surface area contributed by atoms with Crippen LogP contribution >= 0.6 is 0 Å². The maximum Gasteiger partial charge on any atom is 0.0993 e. The van der Waals surface area contributed by atoms with Gasteiger partial charge in [0.05, 0.1) is 29.9 Å². The van der Waals surface area contributed by atoms with Crippen molar-refractivity contribution in [2.24, 2.45) is 0 Å². The van der Waals surface area contributed by atoms with Gasteiger partial charge < -0.3 is 4.40 Å². The summed E-state index contributed by atoms with van der Waals surface area (Å²) >= 11 is 0. The fourth-order valence-corrected chi connectivity index (χ4v) is 1.43. The Morgan fingerprint density at radius 1 is 1.33 bits per heavy atom. The molecule has 1 fully saturated rings. The Labute approximate surface area is 70.1 Å². The molecule has 0 radical (unpaired) electrons. The summed E-state index contributed by atoms with van der Waals surface area (Å²) in [5, 5.41) is 0. The van der Waals surface area contributed by atoms with Crippen LogP contribution in [0.25, 0.3) is 5.52 Å². The van der Waals surface area contributed by atoms with E-state index in [-0.39, 0.29) is 0 Å². The van der Waals surface area contributed by atoms with E-state index in [0.717, 1.165) is 11.4 Å². The van der Waals surface area contributed by atoms with Crippen molar-refractivity contribution in [3.8, 4) is 0 Å². The summed E-state index contributed by atoms with van der Waals surface area (Å²) in [6.45, 7) is 0. The number of hydrogen-bond acceptors (Lipinski definition) is 2. The number of fused-ring (bicyclic) bond motifs is 1. The molecule has 0 spiro atoms. The first-order chi connectivity index (χ1) is 5.93. The second-order valence-corrected chi connectivity index (χ2v) is 3.31. The molecule has 0 saturated heterocycles. The van der Waals surface area contributed by atoms with Crippen molar-refractivity contribution < 1.29 is 0 Å². The summed E-state index contributed by atoms with van der Waals surface area (Å²) in [6.07, 6.45) is 10.2. The van der Waals surface area contributed by atoms with Gasteiger partial charge in [-0.15, -0.1) is 0 Å². The van der Waals surface area contributed by atoms with Crippen molar-refractivity contribution >= 4 is 5.52 Å². The number of nitrogens with zero attached hydrogens (tertiary/aromatic N) is 3. The second-order valence-electron chi connectivity index (χ2n) is 3.31. The molecular formula is C9H9N3. The van der Waals surface area contributed by atoms with Gasteiger partial charge in [0.25, 0.3) is 0 Å². The fraction of sp³-hybridized carbons (Fsp3) is 0.333. The van der Waals surface area contributed by atoms with Crippen molar-refractivity contribution in [2.45, 2.75) is 18.8 Å². The van der Waals surface area contributed by atoms with E-state index in [1.165, 1.54) is 18.5 Å². The van der Waals surface area contributed by atoms with Crippen molar-refractivity contribution in [3.05, 3.63) is 30.6 Å². The van der Waals surface area contributed by atoms with Gasteiger partial charge in [-0.05, 0) is 12.8 Å². The third-order valence-electron chi connectivity index (χ3n) is 2.31. The minimum atomic E-state index is 0.719. The Hall–Kier alpha value is -1.38. The van der Waals surface area contributed by atoms with Crippen LogP contribution in [-0.2, 0) is 0 Å². The van der Waals surface area contributed by atoms with Crippen molar-refractivity contribution in [1.29, 1.82) is 0 Å². The Morgan fingerprint density at radius 2 is 2.25 bits per heavy atom. The van der Waals surface area contributed by atoms with Crippen molar-refractivity contribution in [3.63, 3.8) is 0 Å². The summed E-state index contributed by atoms with van der Waals surface area (Å²) in [7, 11) is 0. The van der Waals surface area contributed by atoms with E-state index < -0.39 is 0 Å². The summed E-state index contributed by atoms with van der Waals surface area (Å²) < 4.78 is 2.03. The van der Waals surface area contributed by atoms with Crippen LogP contribution in [0.5, 0.6) is 0 Å². The van der Waals surface area contributed by atoms with Crippen LogP contribution in [0.2, 0.25) is 0 Å². The quantitative estimate of drug-likeness (QED) is 0.632. The SMILES string of the molecule is c1ncn2cc(C3CC3)ncc12. The van der Waals surface area contributed by atoms with Crippen LogP contribution in [0.15, 0.2) is 24.9 Å². The molecule has 3 heteroatoms. The molecule has 2 aromatic heterocycles.